The topological polar surface area (TPSA) is 58.6 Å². The van der Waals surface area contributed by atoms with E-state index in [1.165, 1.54) is 16.7 Å². The van der Waals surface area contributed by atoms with E-state index in [1.54, 1.807) is 12.3 Å². The molecule has 256 valence electrons. The molecule has 0 fully saturated rings. The summed E-state index contributed by atoms with van der Waals surface area (Å²) in [4.78, 5) is 10.3. The number of aliphatic imine (C=N–C) groups is 1. The number of rotatable bonds is 6. The molecule has 0 bridgehead atoms. The fourth-order valence-corrected chi connectivity index (χ4v) is 6.55. The molecule has 0 saturated heterocycles. The van der Waals surface area contributed by atoms with E-state index in [0.29, 0.717) is 17.4 Å². The van der Waals surface area contributed by atoms with Gasteiger partial charge in [-0.25, -0.2) is 4.98 Å². The molecule has 6 aromatic carbocycles. The zero-order chi connectivity index (χ0) is 36.1. The lowest BCUT2D eigenvalue weighted by molar-refractivity contribution is 0.473. The van der Waals surface area contributed by atoms with Gasteiger partial charge >= 0.3 is 0 Å². The van der Waals surface area contributed by atoms with E-state index >= 15 is 0 Å². The molecule has 0 aliphatic carbocycles. The van der Waals surface area contributed by atoms with Gasteiger partial charge in [0.05, 0.1) is 11.3 Å². The molecule has 0 radical (unpaired) electrons. The predicted molar refractivity (Wildman–Crippen MR) is 215 cm³/mol. The van der Waals surface area contributed by atoms with Crippen molar-refractivity contribution in [1.82, 2.24) is 4.98 Å². The van der Waals surface area contributed by atoms with Crippen LogP contribution >= 0.6 is 0 Å². The van der Waals surface area contributed by atoms with Crippen LogP contribution in [0.5, 0.6) is 5.75 Å². The van der Waals surface area contributed by atoms with Crippen LogP contribution in [0, 0.1) is 0 Å². The number of phenolic OH excluding ortho intramolecular Hbond substituents is 1. The molecule has 1 heterocycles. The first-order chi connectivity index (χ1) is 24.3. The van der Waals surface area contributed by atoms with Gasteiger partial charge in [-0.05, 0) is 91.9 Å². The molecule has 1 N–H and O–H groups in total. The van der Waals surface area contributed by atoms with E-state index in [9.17, 15) is 5.11 Å². The van der Waals surface area contributed by atoms with Crippen LogP contribution in [-0.4, -0.2) is 16.3 Å². The maximum Gasteiger partial charge on any atom is 0.229 e. The molecule has 7 rings (SSSR count). The van der Waals surface area contributed by atoms with Crippen LogP contribution in [0.4, 0.5) is 5.69 Å². The molecular weight excluding hydrogens is 625 g/mol. The Labute approximate surface area is 301 Å². The van der Waals surface area contributed by atoms with Crippen molar-refractivity contribution >= 4 is 33.8 Å². The SMILES string of the molecule is CC(C)c1ccc(-c2cccc(-c3cc(C(C)(C)C)cc4oc(-c5ccc6ccccc6c5N=Cc5cc(C(C)(C)C)ccc5O)nc34)c2)cc1. The van der Waals surface area contributed by atoms with Crippen LogP contribution in [-0.2, 0) is 10.8 Å². The molecule has 4 nitrogen and oxygen atoms in total. The van der Waals surface area contributed by atoms with Gasteiger partial charge in [-0.3, -0.25) is 4.99 Å². The highest BCUT2D eigenvalue weighted by Gasteiger charge is 2.23. The number of aromatic nitrogens is 1. The number of hydrogen-bond donors (Lipinski definition) is 1. The van der Waals surface area contributed by atoms with Crippen LogP contribution in [0.3, 0.4) is 0 Å². The van der Waals surface area contributed by atoms with Gasteiger partial charge in [0.1, 0.15) is 11.3 Å². The normalized spacial score (nSPS) is 12.5. The number of benzene rings is 6. The van der Waals surface area contributed by atoms with E-state index in [2.05, 4.69) is 134 Å². The first-order valence-electron chi connectivity index (χ1n) is 17.8. The average molecular weight is 671 g/mol. The largest absolute Gasteiger partial charge is 0.507 e. The van der Waals surface area contributed by atoms with Crippen LogP contribution in [0.1, 0.15) is 83.6 Å². The van der Waals surface area contributed by atoms with Crippen LogP contribution in [0.2, 0.25) is 0 Å². The maximum absolute atomic E-state index is 10.8. The van der Waals surface area contributed by atoms with Gasteiger partial charge in [0, 0.05) is 22.7 Å². The lowest BCUT2D eigenvalue weighted by Gasteiger charge is -2.20. The highest BCUT2D eigenvalue weighted by atomic mass is 16.3. The Balaban J connectivity index is 1.39. The van der Waals surface area contributed by atoms with Crippen molar-refractivity contribution in [2.24, 2.45) is 4.99 Å². The Morgan fingerprint density at radius 1 is 0.667 bits per heavy atom. The van der Waals surface area contributed by atoms with Gasteiger partial charge in [-0.1, -0.05) is 134 Å². The Kier molecular flexibility index (Phi) is 8.67. The third kappa shape index (κ3) is 6.83. The molecular formula is C47H46N2O2. The van der Waals surface area contributed by atoms with Crippen molar-refractivity contribution in [1.29, 1.82) is 0 Å². The summed E-state index contributed by atoms with van der Waals surface area (Å²) in [5.41, 5.74) is 11.6. The Morgan fingerprint density at radius 3 is 2.12 bits per heavy atom. The summed E-state index contributed by atoms with van der Waals surface area (Å²) in [6.07, 6.45) is 1.75. The zero-order valence-corrected chi connectivity index (χ0v) is 30.9. The minimum atomic E-state index is -0.109. The molecule has 1 aromatic heterocycles. The highest BCUT2D eigenvalue weighted by Crippen LogP contribution is 2.42. The smallest absolute Gasteiger partial charge is 0.229 e. The minimum Gasteiger partial charge on any atom is -0.507 e. The molecule has 0 aliphatic rings. The lowest BCUT2D eigenvalue weighted by Crippen LogP contribution is -2.11. The van der Waals surface area contributed by atoms with Gasteiger partial charge < -0.3 is 9.52 Å². The lowest BCUT2D eigenvalue weighted by atomic mass is 9.84. The summed E-state index contributed by atoms with van der Waals surface area (Å²) in [5.74, 6) is 1.18. The molecule has 4 heteroatoms. The first kappa shape index (κ1) is 34.0. The van der Waals surface area contributed by atoms with E-state index in [4.69, 9.17) is 14.4 Å². The highest BCUT2D eigenvalue weighted by molar-refractivity contribution is 6.03. The summed E-state index contributed by atoms with van der Waals surface area (Å²) < 4.78 is 6.70. The standard InChI is InChI=1S/C47H46N2O2/c1-29(2)30-16-18-31(19-17-30)33-13-11-14-34(24-33)40-26-37(47(6,7)8)27-42-44(40)49-45(51-42)39-22-20-32-12-9-10-15-38(32)43(39)48-28-35-25-36(46(3,4)5)21-23-41(35)50/h9-29,50H,1-8H3. The van der Waals surface area contributed by atoms with E-state index < -0.39 is 0 Å². The van der Waals surface area contributed by atoms with Crippen LogP contribution < -0.4 is 0 Å². The third-order valence-electron chi connectivity index (χ3n) is 9.80. The summed E-state index contributed by atoms with van der Waals surface area (Å²) in [7, 11) is 0. The van der Waals surface area contributed by atoms with Gasteiger partial charge in [-0.15, -0.1) is 0 Å². The Bertz CT molecular complexity index is 2420. The average Bonchev–Trinajstić information content (AvgIpc) is 3.54. The second-order valence-corrected chi connectivity index (χ2v) is 16.0. The van der Waals surface area contributed by atoms with Crippen LogP contribution in [0.25, 0.3) is 55.6 Å². The first-order valence-corrected chi connectivity index (χ1v) is 17.8. The van der Waals surface area contributed by atoms with Crippen molar-refractivity contribution in [3.8, 4) is 39.5 Å². The number of oxazole rings is 1. The van der Waals surface area contributed by atoms with Gasteiger partial charge in [0.15, 0.2) is 5.58 Å². The molecule has 0 saturated carbocycles. The number of hydrogen-bond acceptors (Lipinski definition) is 4. The van der Waals surface area contributed by atoms with Crippen LogP contribution in [0.15, 0.2) is 125 Å². The fraction of sp³-hybridized carbons (Fsp3) is 0.234. The van der Waals surface area contributed by atoms with E-state index in [-0.39, 0.29) is 16.6 Å². The summed E-state index contributed by atoms with van der Waals surface area (Å²) >= 11 is 0. The summed E-state index contributed by atoms with van der Waals surface area (Å²) in [5, 5.41) is 12.8. The molecule has 0 amide bonds. The van der Waals surface area contributed by atoms with Gasteiger partial charge in [0.25, 0.3) is 0 Å². The number of aromatic hydroxyl groups is 1. The van der Waals surface area contributed by atoms with E-state index in [1.807, 2.05) is 30.3 Å². The number of fused-ring (bicyclic) bond motifs is 2. The van der Waals surface area contributed by atoms with Gasteiger partial charge in [-0.2, -0.15) is 0 Å². The quantitative estimate of drug-likeness (QED) is 0.179. The molecule has 0 spiro atoms. The molecule has 51 heavy (non-hydrogen) atoms. The monoisotopic (exact) mass is 670 g/mol. The molecule has 7 aromatic rings. The second kappa shape index (κ2) is 13.0. The second-order valence-electron chi connectivity index (χ2n) is 16.0. The van der Waals surface area contributed by atoms with E-state index in [0.717, 1.165) is 55.4 Å². The van der Waals surface area contributed by atoms with Crippen molar-refractivity contribution in [2.45, 2.75) is 72.1 Å². The molecule has 0 unspecified atom stereocenters. The molecule has 0 aliphatic heterocycles. The Morgan fingerprint density at radius 2 is 1.39 bits per heavy atom. The number of nitrogens with zero attached hydrogens (tertiary/aromatic N) is 2. The fourth-order valence-electron chi connectivity index (χ4n) is 6.55. The van der Waals surface area contributed by atoms with Crippen molar-refractivity contribution in [3.63, 3.8) is 0 Å². The predicted octanol–water partition coefficient (Wildman–Crippen LogP) is 13.2. The van der Waals surface area contributed by atoms with Crippen molar-refractivity contribution < 1.29 is 9.52 Å². The summed E-state index contributed by atoms with van der Waals surface area (Å²) in [6, 6.07) is 40.0. The number of phenols is 1. The Hall–Kier alpha value is -5.48. The maximum atomic E-state index is 10.8. The zero-order valence-electron chi connectivity index (χ0n) is 30.9. The van der Waals surface area contributed by atoms with Gasteiger partial charge in [0.2, 0.25) is 5.89 Å². The van der Waals surface area contributed by atoms with Crippen molar-refractivity contribution in [3.05, 3.63) is 138 Å². The van der Waals surface area contributed by atoms with Crippen molar-refractivity contribution in [2.75, 3.05) is 0 Å². The minimum absolute atomic E-state index is 0.0688. The third-order valence-corrected chi connectivity index (χ3v) is 9.80. The summed E-state index contributed by atoms with van der Waals surface area (Å²) in [6.45, 7) is 17.6. The molecule has 0 atom stereocenters.